The molecule has 0 heterocycles. The van der Waals surface area contributed by atoms with E-state index in [9.17, 15) is 48.9 Å². The van der Waals surface area contributed by atoms with Crippen molar-refractivity contribution in [3.8, 4) is 11.5 Å². The fraction of sp³-hybridized carbons (Fsp3) is 0.366. The predicted octanol–water partition coefficient (Wildman–Crippen LogP) is -3.33. The number of nitrogens with one attached hydrogen (secondary N) is 5. The minimum Gasteiger partial charge on any atom is -0.508 e. The number of primary amides is 2. The normalized spacial score (nSPS) is 13.7. The summed E-state index contributed by atoms with van der Waals surface area (Å²) in [6, 6.07) is 12.2. The van der Waals surface area contributed by atoms with Gasteiger partial charge in [-0.15, -0.1) is 0 Å². The number of hydrogen-bond acceptors (Lipinski definition) is 12. The van der Waals surface area contributed by atoms with E-state index in [0.717, 1.165) is 5.56 Å². The van der Waals surface area contributed by atoms with Crippen molar-refractivity contribution in [2.45, 2.75) is 81.2 Å². The van der Waals surface area contributed by atoms with Gasteiger partial charge in [0.25, 0.3) is 0 Å². The van der Waals surface area contributed by atoms with Crippen LogP contribution < -0.4 is 55.3 Å². The molecule has 0 aliphatic rings. The first-order chi connectivity index (χ1) is 29.4. The van der Waals surface area contributed by atoms with Crippen LogP contribution in [0.5, 0.6) is 11.5 Å². The molecule has 6 atom stereocenters. The molecule has 0 spiro atoms. The lowest BCUT2D eigenvalue weighted by molar-refractivity contribution is -0.136. The fourth-order valence-corrected chi connectivity index (χ4v) is 6.02. The van der Waals surface area contributed by atoms with Crippen molar-refractivity contribution in [1.82, 2.24) is 26.6 Å². The number of carbonyl (C=O) groups is 7. The third-order valence-electron chi connectivity index (χ3n) is 9.39. The molecule has 0 fully saturated rings. The zero-order chi connectivity index (χ0) is 45.8. The summed E-state index contributed by atoms with van der Waals surface area (Å²) in [6.45, 7) is -0.942. The lowest BCUT2D eigenvalue weighted by Crippen LogP contribution is -2.60. The topological polar surface area (TPSA) is 383 Å². The van der Waals surface area contributed by atoms with E-state index < -0.39 is 90.6 Å². The number of aliphatic imine (C=N–C) groups is 1. The number of nitrogens with two attached hydrogens (primary N) is 5. The molecule has 0 radical (unpaired) electrons. The van der Waals surface area contributed by atoms with Crippen LogP contribution in [-0.4, -0.2) is 112 Å². The van der Waals surface area contributed by atoms with E-state index in [4.69, 9.17) is 28.7 Å². The standard InChI is InChI=1S/C41H55N11O10/c42-28(19-23-5-2-1-3-6-23)36(58)51-32(21-25-10-14-27(55)15-11-25)39(61)52-33(22-53)40(62)49-30(16-17-34(43)56)38(60)48-29(7-4-18-47-41(45)46)37(59)50-31(35(44)57)20-24-8-12-26(54)13-9-24/h1-3,5-6,8-15,28-33,53-55H,4,7,16-22,42H2,(H2,43,56)(H2,44,57)(H,48,60)(H,49,62)(H,50,59)(H,51,58)(H,52,61)(H4,45,46,47). The van der Waals surface area contributed by atoms with Gasteiger partial charge >= 0.3 is 0 Å². The van der Waals surface area contributed by atoms with E-state index in [1.807, 2.05) is 0 Å². The van der Waals surface area contributed by atoms with Crippen LogP contribution in [0.4, 0.5) is 0 Å². The lowest BCUT2D eigenvalue weighted by atomic mass is 10.0. The number of aliphatic hydroxyl groups excluding tert-OH is 1. The SMILES string of the molecule is NC(=O)CCC(NC(=O)C(CO)NC(=O)C(Cc1ccc(O)cc1)NC(=O)C(N)Cc1ccccc1)C(=O)NC(CCCN=C(N)N)C(=O)NC(Cc1ccc(O)cc1)C(N)=O. The van der Waals surface area contributed by atoms with Crippen LogP contribution in [0.3, 0.4) is 0 Å². The van der Waals surface area contributed by atoms with Crippen LogP contribution in [0.15, 0.2) is 83.9 Å². The van der Waals surface area contributed by atoms with Crippen molar-refractivity contribution in [2.24, 2.45) is 33.7 Å². The molecule has 21 heteroatoms. The van der Waals surface area contributed by atoms with Gasteiger partial charge in [-0.1, -0.05) is 54.6 Å². The van der Waals surface area contributed by atoms with Crippen molar-refractivity contribution in [3.63, 3.8) is 0 Å². The van der Waals surface area contributed by atoms with E-state index in [-0.39, 0.29) is 62.5 Å². The molecule has 62 heavy (non-hydrogen) atoms. The zero-order valence-corrected chi connectivity index (χ0v) is 33.9. The van der Waals surface area contributed by atoms with Crippen LogP contribution in [0, 0.1) is 0 Å². The highest BCUT2D eigenvalue weighted by molar-refractivity contribution is 5.97. The van der Waals surface area contributed by atoms with Crippen LogP contribution in [0.1, 0.15) is 42.4 Å². The van der Waals surface area contributed by atoms with Crippen molar-refractivity contribution in [1.29, 1.82) is 0 Å². The molecule has 0 aromatic heterocycles. The van der Waals surface area contributed by atoms with Gasteiger partial charge in [-0.05, 0) is 66.6 Å². The van der Waals surface area contributed by atoms with Gasteiger partial charge in [0, 0.05) is 25.8 Å². The number of benzene rings is 3. The first kappa shape index (κ1) is 49.1. The van der Waals surface area contributed by atoms with E-state index in [2.05, 4.69) is 31.6 Å². The second-order valence-electron chi connectivity index (χ2n) is 14.4. The third kappa shape index (κ3) is 17.1. The molecule has 18 N–H and O–H groups in total. The van der Waals surface area contributed by atoms with Crippen LogP contribution in [0.25, 0.3) is 0 Å². The van der Waals surface area contributed by atoms with E-state index in [0.29, 0.717) is 11.1 Å². The molecule has 0 saturated heterocycles. The summed E-state index contributed by atoms with van der Waals surface area (Å²) in [5.74, 6) is -6.57. The Balaban J connectivity index is 1.81. The van der Waals surface area contributed by atoms with Gasteiger partial charge in [-0.25, -0.2) is 0 Å². The summed E-state index contributed by atoms with van der Waals surface area (Å²) in [5.41, 5.74) is 29.7. The quantitative estimate of drug-likeness (QED) is 0.0226. The Hall–Kier alpha value is -7.26. The first-order valence-electron chi connectivity index (χ1n) is 19.6. The molecule has 334 valence electrons. The van der Waals surface area contributed by atoms with Crippen molar-refractivity contribution in [3.05, 3.63) is 95.6 Å². The molecule has 6 unspecified atom stereocenters. The fourth-order valence-electron chi connectivity index (χ4n) is 6.02. The van der Waals surface area contributed by atoms with Crippen LogP contribution in [-0.2, 0) is 52.8 Å². The Bertz CT molecular complexity index is 2010. The molecule has 0 bridgehead atoms. The van der Waals surface area contributed by atoms with Crippen molar-refractivity contribution >= 4 is 47.3 Å². The number of phenolic OH excluding ortho intramolecular Hbond substituents is 2. The number of carbonyl (C=O) groups excluding carboxylic acids is 7. The molecule has 7 amide bonds. The van der Waals surface area contributed by atoms with Gasteiger partial charge < -0.3 is 70.6 Å². The number of phenols is 2. The summed E-state index contributed by atoms with van der Waals surface area (Å²) < 4.78 is 0. The molecular weight excluding hydrogens is 807 g/mol. The molecule has 0 aliphatic carbocycles. The van der Waals surface area contributed by atoms with Gasteiger partial charge in [0.1, 0.15) is 41.7 Å². The Morgan fingerprint density at radius 2 is 0.968 bits per heavy atom. The van der Waals surface area contributed by atoms with Crippen molar-refractivity contribution < 1.29 is 48.9 Å². The molecule has 3 aromatic rings. The molecular formula is C41H55N11O10. The Morgan fingerprint density at radius 1 is 0.532 bits per heavy atom. The molecule has 3 aromatic carbocycles. The third-order valence-corrected chi connectivity index (χ3v) is 9.39. The van der Waals surface area contributed by atoms with E-state index in [1.54, 1.807) is 30.3 Å². The number of aromatic hydroxyl groups is 2. The summed E-state index contributed by atoms with van der Waals surface area (Å²) in [6.07, 6.45) is -0.805. The highest BCUT2D eigenvalue weighted by atomic mass is 16.3. The maximum atomic E-state index is 13.8. The lowest BCUT2D eigenvalue weighted by Gasteiger charge is -2.27. The summed E-state index contributed by atoms with van der Waals surface area (Å²) in [5, 5.41) is 42.0. The smallest absolute Gasteiger partial charge is 0.245 e. The number of hydrogen-bond donors (Lipinski definition) is 13. The predicted molar refractivity (Wildman–Crippen MR) is 226 cm³/mol. The zero-order valence-electron chi connectivity index (χ0n) is 33.9. The average molecular weight is 862 g/mol. The minimum absolute atomic E-state index is 0.0266. The van der Waals surface area contributed by atoms with Crippen LogP contribution >= 0.6 is 0 Å². The first-order valence-corrected chi connectivity index (χ1v) is 19.6. The Kier molecular flexibility index (Phi) is 19.6. The number of aliphatic hydroxyl groups is 1. The van der Waals surface area contributed by atoms with Gasteiger partial charge in [-0.2, -0.15) is 0 Å². The monoisotopic (exact) mass is 861 g/mol. The molecule has 3 rings (SSSR count). The van der Waals surface area contributed by atoms with Crippen LogP contribution in [0.2, 0.25) is 0 Å². The van der Waals surface area contributed by atoms with E-state index >= 15 is 0 Å². The summed E-state index contributed by atoms with van der Waals surface area (Å²) in [7, 11) is 0. The highest BCUT2D eigenvalue weighted by Gasteiger charge is 2.33. The summed E-state index contributed by atoms with van der Waals surface area (Å²) >= 11 is 0. The molecule has 0 aliphatic heterocycles. The summed E-state index contributed by atoms with van der Waals surface area (Å²) in [4.78, 5) is 96.1. The molecule has 21 nitrogen and oxygen atoms in total. The largest absolute Gasteiger partial charge is 0.508 e. The number of amides is 7. The Morgan fingerprint density at radius 3 is 1.47 bits per heavy atom. The highest BCUT2D eigenvalue weighted by Crippen LogP contribution is 2.14. The Labute approximate surface area is 357 Å². The maximum absolute atomic E-state index is 13.8. The van der Waals surface area contributed by atoms with Gasteiger partial charge in [0.2, 0.25) is 41.4 Å². The number of nitrogens with zero attached hydrogens (tertiary/aromatic N) is 1. The van der Waals surface area contributed by atoms with Crippen molar-refractivity contribution in [2.75, 3.05) is 13.2 Å². The van der Waals surface area contributed by atoms with E-state index in [1.165, 1.54) is 48.5 Å². The van der Waals surface area contributed by atoms with Gasteiger partial charge in [0.05, 0.1) is 12.6 Å². The second-order valence-corrected chi connectivity index (χ2v) is 14.4. The molecule has 0 saturated carbocycles. The number of rotatable bonds is 25. The maximum Gasteiger partial charge on any atom is 0.245 e. The number of guanidine groups is 1. The average Bonchev–Trinajstić information content (AvgIpc) is 3.23. The second kappa shape index (κ2) is 24.7. The minimum atomic E-state index is -1.71. The van der Waals surface area contributed by atoms with Gasteiger partial charge in [0.15, 0.2) is 5.96 Å². The van der Waals surface area contributed by atoms with Gasteiger partial charge in [-0.3, -0.25) is 38.6 Å².